The Morgan fingerprint density at radius 2 is 2.05 bits per heavy atom. The number of nitrogens with one attached hydrogen (secondary N) is 1. The van der Waals surface area contributed by atoms with Gasteiger partial charge in [0.25, 0.3) is 0 Å². The quantitative estimate of drug-likeness (QED) is 0.852. The van der Waals surface area contributed by atoms with Gasteiger partial charge in [0.1, 0.15) is 4.90 Å². The fourth-order valence-corrected chi connectivity index (χ4v) is 3.81. The molecule has 0 saturated heterocycles. The minimum absolute atomic E-state index is 0.0985. The number of para-hydroxylation sites is 1. The molecule has 0 aliphatic carbocycles. The lowest BCUT2D eigenvalue weighted by Gasteiger charge is -2.18. The van der Waals surface area contributed by atoms with Crippen molar-refractivity contribution < 1.29 is 8.42 Å². The van der Waals surface area contributed by atoms with Crippen LogP contribution in [-0.2, 0) is 10.0 Å². The van der Waals surface area contributed by atoms with Crippen molar-refractivity contribution in [1.29, 1.82) is 0 Å². The van der Waals surface area contributed by atoms with Gasteiger partial charge in [-0.05, 0) is 18.1 Å². The van der Waals surface area contributed by atoms with Crippen LogP contribution in [0.4, 0.5) is 0 Å². The minimum Gasteiger partial charge on any atom is -0.215 e. The van der Waals surface area contributed by atoms with E-state index in [1.807, 2.05) is 13.8 Å². The second-order valence-corrected chi connectivity index (χ2v) is 6.56. The predicted molar refractivity (Wildman–Crippen MR) is 69.3 cm³/mol. The van der Waals surface area contributed by atoms with E-state index in [1.54, 1.807) is 35.1 Å². The number of benzene rings is 1. The zero-order valence-corrected chi connectivity index (χ0v) is 11.4. The third-order valence-electron chi connectivity index (χ3n) is 3.23. The highest BCUT2D eigenvalue weighted by molar-refractivity contribution is 7.89. The van der Waals surface area contributed by atoms with Gasteiger partial charge in [0.15, 0.2) is 0 Å². The summed E-state index contributed by atoms with van der Waals surface area (Å²) in [4.78, 5) is 0.227. The first-order valence-electron chi connectivity index (χ1n) is 6.03. The molecule has 1 aliphatic heterocycles. The molecule has 0 saturated carbocycles. The van der Waals surface area contributed by atoms with E-state index in [-0.39, 0.29) is 16.9 Å². The summed E-state index contributed by atoms with van der Waals surface area (Å²) in [5.41, 5.74) is 1.29. The molecule has 2 heterocycles. The summed E-state index contributed by atoms with van der Waals surface area (Å²) in [6.07, 6.45) is 1.61. The molecule has 6 nitrogen and oxygen atoms in total. The molecule has 1 aromatic heterocycles. The average Bonchev–Trinajstić information content (AvgIpc) is 2.81. The number of sulfonamides is 1. The van der Waals surface area contributed by atoms with Crippen molar-refractivity contribution >= 4 is 10.0 Å². The largest absolute Gasteiger partial charge is 0.243 e. The van der Waals surface area contributed by atoms with Gasteiger partial charge in [-0.3, -0.25) is 0 Å². The summed E-state index contributed by atoms with van der Waals surface area (Å²) in [5.74, 6) is 0.0985. The normalized spacial score (nSPS) is 20.7. The zero-order chi connectivity index (χ0) is 13.6. The maximum absolute atomic E-state index is 12.4. The smallest absolute Gasteiger partial charge is 0.215 e. The van der Waals surface area contributed by atoms with Gasteiger partial charge >= 0.3 is 0 Å². The number of hydrogen-bond acceptors (Lipinski definition) is 4. The van der Waals surface area contributed by atoms with Crippen LogP contribution >= 0.6 is 0 Å². The number of hydrogen-bond donors (Lipinski definition) is 1. The molecule has 100 valence electrons. The zero-order valence-electron chi connectivity index (χ0n) is 10.6. The number of fused-ring (bicyclic) bond motifs is 3. The summed E-state index contributed by atoms with van der Waals surface area (Å²) in [6.45, 7) is 3.92. The molecule has 19 heavy (non-hydrogen) atoms. The SMILES string of the molecule is CC(C)[C@@H]1NS(=O)(=O)c2ccccc2-n2nncc21. The van der Waals surface area contributed by atoms with Gasteiger partial charge in [-0.2, -0.15) is 0 Å². The first kappa shape index (κ1) is 12.3. The maximum Gasteiger partial charge on any atom is 0.243 e. The summed E-state index contributed by atoms with van der Waals surface area (Å²) in [5, 5.41) is 7.92. The summed E-state index contributed by atoms with van der Waals surface area (Å²) >= 11 is 0. The Morgan fingerprint density at radius 1 is 1.32 bits per heavy atom. The molecule has 1 atom stereocenters. The standard InChI is InChI=1S/C12H14N4O2S/c1-8(2)12-10-7-13-15-16(10)9-5-3-4-6-11(9)19(17,18)14-12/h3-8,12,14H,1-2H3/t12-/m0/s1. The Hall–Kier alpha value is -1.73. The number of rotatable bonds is 1. The molecule has 0 amide bonds. The molecule has 2 aromatic rings. The Balaban J connectivity index is 2.33. The van der Waals surface area contributed by atoms with Crippen molar-refractivity contribution in [3.63, 3.8) is 0 Å². The Labute approximate surface area is 111 Å². The second kappa shape index (κ2) is 4.14. The highest BCUT2D eigenvalue weighted by Gasteiger charge is 2.33. The van der Waals surface area contributed by atoms with Crippen molar-refractivity contribution in [1.82, 2.24) is 19.7 Å². The molecule has 1 aliphatic rings. The lowest BCUT2D eigenvalue weighted by Crippen LogP contribution is -2.30. The third kappa shape index (κ3) is 1.85. The first-order chi connectivity index (χ1) is 9.00. The van der Waals surface area contributed by atoms with Crippen LogP contribution in [0.25, 0.3) is 5.69 Å². The minimum atomic E-state index is -3.55. The molecule has 1 aromatic carbocycles. The van der Waals surface area contributed by atoms with E-state index < -0.39 is 10.0 Å². The van der Waals surface area contributed by atoms with Crippen LogP contribution in [0.2, 0.25) is 0 Å². The van der Waals surface area contributed by atoms with E-state index in [0.717, 1.165) is 5.69 Å². The van der Waals surface area contributed by atoms with E-state index in [1.165, 1.54) is 0 Å². The number of nitrogens with zero attached hydrogens (tertiary/aromatic N) is 3. The summed E-state index contributed by atoms with van der Waals surface area (Å²) < 4.78 is 29.1. The van der Waals surface area contributed by atoms with Gasteiger partial charge in [0, 0.05) is 0 Å². The fraction of sp³-hybridized carbons (Fsp3) is 0.333. The van der Waals surface area contributed by atoms with Crippen molar-refractivity contribution in [2.75, 3.05) is 0 Å². The molecule has 0 unspecified atom stereocenters. The van der Waals surface area contributed by atoms with Crippen LogP contribution in [0.15, 0.2) is 35.4 Å². The van der Waals surface area contributed by atoms with Gasteiger partial charge in [0.2, 0.25) is 10.0 Å². The number of aromatic nitrogens is 3. The van der Waals surface area contributed by atoms with Gasteiger partial charge in [-0.15, -0.1) is 5.10 Å². The Bertz CT molecular complexity index is 721. The monoisotopic (exact) mass is 278 g/mol. The molecule has 3 rings (SSSR count). The van der Waals surface area contributed by atoms with Crippen LogP contribution in [-0.4, -0.2) is 23.4 Å². The average molecular weight is 278 g/mol. The summed E-state index contributed by atoms with van der Waals surface area (Å²) in [6, 6.07) is 6.45. The summed E-state index contributed by atoms with van der Waals surface area (Å²) in [7, 11) is -3.55. The lowest BCUT2D eigenvalue weighted by molar-refractivity contribution is 0.450. The molecule has 7 heteroatoms. The van der Waals surface area contributed by atoms with Gasteiger partial charge in [0.05, 0.1) is 23.6 Å². The van der Waals surface area contributed by atoms with Crippen LogP contribution in [0, 0.1) is 5.92 Å². The second-order valence-electron chi connectivity index (χ2n) is 4.88. The van der Waals surface area contributed by atoms with E-state index in [0.29, 0.717) is 5.69 Å². The molecule has 0 spiro atoms. The maximum atomic E-state index is 12.4. The predicted octanol–water partition coefficient (Wildman–Crippen LogP) is 1.26. The molecule has 0 fully saturated rings. The van der Waals surface area contributed by atoms with E-state index in [4.69, 9.17) is 0 Å². The van der Waals surface area contributed by atoms with Crippen molar-refractivity contribution in [3.8, 4) is 5.69 Å². The molecule has 1 N–H and O–H groups in total. The fourth-order valence-electron chi connectivity index (χ4n) is 2.27. The van der Waals surface area contributed by atoms with Gasteiger partial charge in [-0.1, -0.05) is 31.2 Å². The highest BCUT2D eigenvalue weighted by Crippen LogP contribution is 2.31. The van der Waals surface area contributed by atoms with Gasteiger partial charge < -0.3 is 0 Å². The van der Waals surface area contributed by atoms with E-state index in [9.17, 15) is 8.42 Å². The first-order valence-corrected chi connectivity index (χ1v) is 7.51. The molecule has 0 bridgehead atoms. The molecular formula is C12H14N4O2S. The van der Waals surface area contributed by atoms with Crippen molar-refractivity contribution in [3.05, 3.63) is 36.2 Å². The van der Waals surface area contributed by atoms with Crippen LogP contribution in [0.1, 0.15) is 25.6 Å². The van der Waals surface area contributed by atoms with Crippen molar-refractivity contribution in [2.24, 2.45) is 5.92 Å². The third-order valence-corrected chi connectivity index (χ3v) is 4.71. The Kier molecular flexibility index (Phi) is 2.68. The van der Waals surface area contributed by atoms with E-state index >= 15 is 0 Å². The molecular weight excluding hydrogens is 264 g/mol. The van der Waals surface area contributed by atoms with E-state index in [2.05, 4.69) is 15.0 Å². The van der Waals surface area contributed by atoms with Crippen LogP contribution in [0.3, 0.4) is 0 Å². The van der Waals surface area contributed by atoms with Gasteiger partial charge in [-0.25, -0.2) is 17.8 Å². The van der Waals surface area contributed by atoms with Crippen molar-refractivity contribution in [2.45, 2.75) is 24.8 Å². The topological polar surface area (TPSA) is 76.9 Å². The Morgan fingerprint density at radius 3 is 2.79 bits per heavy atom. The highest BCUT2D eigenvalue weighted by atomic mass is 32.2. The van der Waals surface area contributed by atoms with Crippen LogP contribution in [0.5, 0.6) is 0 Å². The van der Waals surface area contributed by atoms with Crippen LogP contribution < -0.4 is 4.72 Å². The lowest BCUT2D eigenvalue weighted by atomic mass is 10.0. The molecule has 0 radical (unpaired) electrons.